The average Bonchev–Trinajstić information content (AvgIpc) is 3.56. The van der Waals surface area contributed by atoms with Gasteiger partial charge in [0.25, 0.3) is 0 Å². The molecule has 0 saturated carbocycles. The van der Waals surface area contributed by atoms with Crippen LogP contribution in [-0.4, -0.2) is 46.0 Å². The Balaban J connectivity index is 1.37. The molecule has 37 heavy (non-hydrogen) atoms. The molecule has 0 bridgehead atoms. The summed E-state index contributed by atoms with van der Waals surface area (Å²) in [7, 11) is 0. The Labute approximate surface area is 211 Å². The summed E-state index contributed by atoms with van der Waals surface area (Å²) in [5.41, 5.74) is 6.90. The molecule has 1 amide bonds. The van der Waals surface area contributed by atoms with Crippen molar-refractivity contribution in [1.29, 1.82) is 0 Å². The van der Waals surface area contributed by atoms with Crippen molar-refractivity contribution >= 4 is 33.7 Å². The van der Waals surface area contributed by atoms with Crippen molar-refractivity contribution in [1.82, 2.24) is 40.1 Å². The number of imidazole rings is 1. The van der Waals surface area contributed by atoms with E-state index in [0.29, 0.717) is 35.0 Å². The number of hydrogen-bond donors (Lipinski definition) is 3. The molecule has 6 heterocycles. The lowest BCUT2D eigenvalue weighted by atomic mass is 10.1. The third-order valence-electron chi connectivity index (χ3n) is 6.11. The minimum Gasteiger partial charge on any atom is -0.335 e. The van der Waals surface area contributed by atoms with E-state index in [-0.39, 0.29) is 5.91 Å². The van der Waals surface area contributed by atoms with Gasteiger partial charge in [-0.15, -0.1) is 0 Å². The number of hydrogen-bond acceptors (Lipinski definition) is 7. The minimum atomic E-state index is -0.0227. The topological polar surface area (TPSA) is 138 Å². The smallest absolute Gasteiger partial charge is 0.224 e. The summed E-state index contributed by atoms with van der Waals surface area (Å²) in [6, 6.07) is 9.65. The van der Waals surface area contributed by atoms with Gasteiger partial charge >= 0.3 is 0 Å². The standard InChI is InChI=1S/C27H23N9O/c1-2-3-6-23(37)32-18-10-17(13-29-14-18)21-11-20-22(15-31-21)35-36-25(20)27-33-24-19(7-9-30-26(24)34-27)16-5-4-8-28-12-16/h4-5,7-15H,2-3,6H2,1H3,(H,32,37)(H,35,36)(H,30,33,34). The van der Waals surface area contributed by atoms with Crippen LogP contribution in [0.4, 0.5) is 5.69 Å². The van der Waals surface area contributed by atoms with Crippen molar-refractivity contribution in [3.63, 3.8) is 0 Å². The predicted molar refractivity (Wildman–Crippen MR) is 141 cm³/mol. The van der Waals surface area contributed by atoms with E-state index in [0.717, 1.165) is 46.0 Å². The monoisotopic (exact) mass is 489 g/mol. The summed E-state index contributed by atoms with van der Waals surface area (Å²) in [4.78, 5) is 37.8. The maximum atomic E-state index is 12.2. The Morgan fingerprint density at radius 1 is 1.00 bits per heavy atom. The van der Waals surface area contributed by atoms with Crippen molar-refractivity contribution in [3.05, 3.63) is 67.5 Å². The SMILES string of the molecule is CCCCC(=O)Nc1cncc(-c2cc3c(-c4nc5nccc(-c6cccnc6)c5[nH]4)n[nH]c3cn2)c1. The lowest BCUT2D eigenvalue weighted by Crippen LogP contribution is -2.11. The molecule has 0 atom stereocenters. The van der Waals surface area contributed by atoms with Crippen LogP contribution >= 0.6 is 0 Å². The molecular formula is C27H23N9O. The zero-order valence-electron chi connectivity index (χ0n) is 20.1. The molecule has 182 valence electrons. The summed E-state index contributed by atoms with van der Waals surface area (Å²) in [6.45, 7) is 2.06. The van der Waals surface area contributed by atoms with Gasteiger partial charge in [-0.3, -0.25) is 24.8 Å². The number of unbranched alkanes of at least 4 members (excludes halogenated alkanes) is 1. The van der Waals surface area contributed by atoms with Gasteiger partial charge in [0.05, 0.1) is 34.8 Å². The molecule has 0 aliphatic heterocycles. The number of pyridine rings is 4. The van der Waals surface area contributed by atoms with E-state index in [4.69, 9.17) is 4.98 Å². The number of nitrogens with zero attached hydrogens (tertiary/aromatic N) is 6. The largest absolute Gasteiger partial charge is 0.335 e. The Kier molecular flexibility index (Phi) is 5.81. The van der Waals surface area contributed by atoms with Crippen molar-refractivity contribution in [3.8, 4) is 33.9 Å². The number of H-pyrrole nitrogens is 2. The number of amides is 1. The highest BCUT2D eigenvalue weighted by atomic mass is 16.1. The lowest BCUT2D eigenvalue weighted by Gasteiger charge is -2.07. The first-order valence-electron chi connectivity index (χ1n) is 12.0. The Morgan fingerprint density at radius 2 is 1.92 bits per heavy atom. The van der Waals surface area contributed by atoms with Gasteiger partial charge in [-0.25, -0.2) is 9.97 Å². The number of anilines is 1. The summed E-state index contributed by atoms with van der Waals surface area (Å²) in [5.74, 6) is 0.572. The summed E-state index contributed by atoms with van der Waals surface area (Å²) in [6.07, 6.45) is 12.7. The molecule has 6 aromatic heterocycles. The fourth-order valence-corrected chi connectivity index (χ4v) is 4.25. The van der Waals surface area contributed by atoms with Gasteiger partial charge in [0.2, 0.25) is 5.91 Å². The number of carbonyl (C=O) groups is 1. The van der Waals surface area contributed by atoms with E-state index in [1.54, 1.807) is 31.0 Å². The normalized spacial score (nSPS) is 11.3. The number of nitrogens with one attached hydrogen (secondary N) is 3. The van der Waals surface area contributed by atoms with Crippen LogP contribution in [0.15, 0.2) is 67.5 Å². The van der Waals surface area contributed by atoms with Gasteiger partial charge < -0.3 is 10.3 Å². The number of aromatic nitrogens is 8. The minimum absolute atomic E-state index is 0.0227. The van der Waals surface area contributed by atoms with E-state index < -0.39 is 0 Å². The van der Waals surface area contributed by atoms with E-state index in [2.05, 4.69) is 47.4 Å². The van der Waals surface area contributed by atoms with Gasteiger partial charge in [0, 0.05) is 53.3 Å². The maximum absolute atomic E-state index is 12.2. The lowest BCUT2D eigenvalue weighted by molar-refractivity contribution is -0.116. The van der Waals surface area contributed by atoms with E-state index >= 15 is 0 Å². The van der Waals surface area contributed by atoms with Crippen LogP contribution in [0, 0.1) is 0 Å². The average molecular weight is 490 g/mol. The van der Waals surface area contributed by atoms with Crippen LogP contribution in [0.3, 0.4) is 0 Å². The second kappa shape index (κ2) is 9.57. The number of rotatable bonds is 7. The highest BCUT2D eigenvalue weighted by Crippen LogP contribution is 2.31. The highest BCUT2D eigenvalue weighted by Gasteiger charge is 2.17. The maximum Gasteiger partial charge on any atom is 0.224 e. The number of carbonyl (C=O) groups excluding carboxylic acids is 1. The first kappa shape index (κ1) is 22.5. The molecule has 6 rings (SSSR count). The predicted octanol–water partition coefficient (Wildman–Crippen LogP) is 5.15. The fraction of sp³-hybridized carbons (Fsp3) is 0.148. The first-order valence-corrected chi connectivity index (χ1v) is 12.0. The molecule has 0 aliphatic rings. The van der Waals surface area contributed by atoms with Crippen LogP contribution in [-0.2, 0) is 4.79 Å². The second-order valence-electron chi connectivity index (χ2n) is 8.69. The molecule has 3 N–H and O–H groups in total. The van der Waals surface area contributed by atoms with Crippen LogP contribution in [0.2, 0.25) is 0 Å². The third kappa shape index (κ3) is 4.40. The summed E-state index contributed by atoms with van der Waals surface area (Å²) in [5, 5.41) is 11.3. The third-order valence-corrected chi connectivity index (χ3v) is 6.11. The van der Waals surface area contributed by atoms with Gasteiger partial charge in [0.1, 0.15) is 5.69 Å². The van der Waals surface area contributed by atoms with Gasteiger partial charge in [0.15, 0.2) is 11.5 Å². The Bertz CT molecular complexity index is 1720. The quantitative estimate of drug-likeness (QED) is 0.282. The van der Waals surface area contributed by atoms with E-state index in [1.165, 1.54) is 0 Å². The molecular weight excluding hydrogens is 466 g/mol. The van der Waals surface area contributed by atoms with Crippen LogP contribution in [0.5, 0.6) is 0 Å². The van der Waals surface area contributed by atoms with Gasteiger partial charge in [-0.2, -0.15) is 5.10 Å². The molecule has 0 aliphatic carbocycles. The molecule has 0 fully saturated rings. The molecule has 0 spiro atoms. The molecule has 0 unspecified atom stereocenters. The highest BCUT2D eigenvalue weighted by molar-refractivity contribution is 5.97. The fourth-order valence-electron chi connectivity index (χ4n) is 4.25. The molecule has 6 aromatic rings. The van der Waals surface area contributed by atoms with Crippen LogP contribution < -0.4 is 5.32 Å². The zero-order valence-corrected chi connectivity index (χ0v) is 20.1. The first-order chi connectivity index (χ1) is 18.2. The van der Waals surface area contributed by atoms with E-state index in [9.17, 15) is 4.79 Å². The molecule has 10 heteroatoms. The van der Waals surface area contributed by atoms with Gasteiger partial charge in [-0.05, 0) is 30.7 Å². The van der Waals surface area contributed by atoms with Crippen molar-refractivity contribution in [2.24, 2.45) is 0 Å². The number of fused-ring (bicyclic) bond motifs is 2. The van der Waals surface area contributed by atoms with Crippen molar-refractivity contribution < 1.29 is 4.79 Å². The summed E-state index contributed by atoms with van der Waals surface area (Å²) >= 11 is 0. The Morgan fingerprint density at radius 3 is 2.78 bits per heavy atom. The zero-order chi connectivity index (χ0) is 25.2. The van der Waals surface area contributed by atoms with E-state index in [1.807, 2.05) is 36.5 Å². The molecule has 0 radical (unpaired) electrons. The van der Waals surface area contributed by atoms with Gasteiger partial charge in [-0.1, -0.05) is 19.4 Å². The summed E-state index contributed by atoms with van der Waals surface area (Å²) < 4.78 is 0. The molecule has 0 aromatic carbocycles. The Hall–Kier alpha value is -4.99. The van der Waals surface area contributed by atoms with Crippen LogP contribution in [0.25, 0.3) is 56.0 Å². The molecule has 10 nitrogen and oxygen atoms in total. The van der Waals surface area contributed by atoms with Crippen molar-refractivity contribution in [2.75, 3.05) is 5.32 Å². The molecule has 0 saturated heterocycles. The van der Waals surface area contributed by atoms with Crippen molar-refractivity contribution in [2.45, 2.75) is 26.2 Å². The van der Waals surface area contributed by atoms with Crippen LogP contribution in [0.1, 0.15) is 26.2 Å². The number of aromatic amines is 2. The second-order valence-corrected chi connectivity index (χ2v) is 8.69.